The largest absolute Gasteiger partial charge is 0.497 e. The van der Waals surface area contributed by atoms with Crippen molar-refractivity contribution < 1.29 is 24.2 Å². The number of methoxy groups -OCH3 is 1. The second kappa shape index (κ2) is 6.76. The van der Waals surface area contributed by atoms with Crippen LogP contribution < -0.4 is 10.1 Å². The predicted molar refractivity (Wildman–Crippen MR) is 85.5 cm³/mol. The minimum absolute atomic E-state index is 0.0581. The van der Waals surface area contributed by atoms with Gasteiger partial charge in [-0.2, -0.15) is 0 Å². The monoisotopic (exact) mass is 341 g/mol. The number of aromatic carboxylic acids is 1. The van der Waals surface area contributed by atoms with Crippen molar-refractivity contribution in [3.63, 3.8) is 0 Å². The van der Waals surface area contributed by atoms with Crippen LogP contribution in [0.1, 0.15) is 47.4 Å². The van der Waals surface area contributed by atoms with Gasteiger partial charge >= 0.3 is 5.97 Å². The minimum Gasteiger partial charge on any atom is -0.497 e. The van der Waals surface area contributed by atoms with Gasteiger partial charge in [0.05, 0.1) is 35.0 Å². The lowest BCUT2D eigenvalue weighted by atomic mass is 10.1. The van der Waals surface area contributed by atoms with Crippen LogP contribution in [0, 0.1) is 0 Å². The smallest absolute Gasteiger partial charge is 0.337 e. The molecule has 1 heterocycles. The molecule has 1 aliphatic rings. The average molecular weight is 342 g/mol. The summed E-state index contributed by atoms with van der Waals surface area (Å²) in [4.78, 5) is 23.5. The number of rotatable bonds is 5. The van der Waals surface area contributed by atoms with Gasteiger partial charge in [0.25, 0.3) is 5.91 Å². The lowest BCUT2D eigenvalue weighted by molar-refractivity contribution is -0.0138. The molecule has 0 saturated carbocycles. The second-order valence-electron chi connectivity index (χ2n) is 6.09. The Hall–Kier alpha value is -1.79. The lowest BCUT2D eigenvalue weighted by Crippen LogP contribution is -2.33. The predicted octanol–water partition coefficient (Wildman–Crippen LogP) is 2.73. The Morgan fingerprint density at radius 2 is 2.09 bits per heavy atom. The van der Waals surface area contributed by atoms with E-state index in [9.17, 15) is 9.59 Å². The van der Waals surface area contributed by atoms with Crippen LogP contribution in [-0.4, -0.2) is 42.3 Å². The number of nitrogens with one attached hydrogen (secondary N) is 1. The number of hydrogen-bond acceptors (Lipinski definition) is 4. The number of carbonyl (C=O) groups excluding carboxylic acids is 1. The normalized spacial score (nSPS) is 19.4. The molecule has 1 atom stereocenters. The number of carboxylic acids is 1. The number of carboxylic acid groups (broad SMARTS) is 1. The molecule has 1 saturated heterocycles. The van der Waals surface area contributed by atoms with Crippen LogP contribution in [0.2, 0.25) is 5.02 Å². The Bertz CT molecular complexity index is 629. The molecule has 23 heavy (non-hydrogen) atoms. The highest BCUT2D eigenvalue weighted by molar-refractivity contribution is 6.36. The van der Waals surface area contributed by atoms with Gasteiger partial charge in [-0.25, -0.2) is 4.79 Å². The molecule has 1 aliphatic heterocycles. The van der Waals surface area contributed by atoms with E-state index >= 15 is 0 Å². The van der Waals surface area contributed by atoms with Crippen molar-refractivity contribution in [2.45, 2.75) is 38.4 Å². The first-order valence-electron chi connectivity index (χ1n) is 7.30. The molecule has 1 fully saturated rings. The van der Waals surface area contributed by atoms with E-state index in [2.05, 4.69) is 5.32 Å². The van der Waals surface area contributed by atoms with Crippen LogP contribution in [0.25, 0.3) is 0 Å². The summed E-state index contributed by atoms with van der Waals surface area (Å²) in [5, 5.41) is 11.8. The summed E-state index contributed by atoms with van der Waals surface area (Å²) in [7, 11) is 1.39. The summed E-state index contributed by atoms with van der Waals surface area (Å²) >= 11 is 6.04. The third-order valence-corrected chi connectivity index (χ3v) is 4.21. The van der Waals surface area contributed by atoms with Crippen molar-refractivity contribution in [1.29, 1.82) is 0 Å². The van der Waals surface area contributed by atoms with Crippen molar-refractivity contribution in [3.05, 3.63) is 28.3 Å². The number of hydrogen-bond donors (Lipinski definition) is 2. The quantitative estimate of drug-likeness (QED) is 0.860. The summed E-state index contributed by atoms with van der Waals surface area (Å²) < 4.78 is 10.8. The maximum Gasteiger partial charge on any atom is 0.337 e. The van der Waals surface area contributed by atoms with Crippen LogP contribution in [-0.2, 0) is 4.74 Å². The Labute approximate surface area is 139 Å². The van der Waals surface area contributed by atoms with Gasteiger partial charge in [-0.3, -0.25) is 4.79 Å². The third kappa shape index (κ3) is 4.14. The first-order chi connectivity index (χ1) is 10.7. The van der Waals surface area contributed by atoms with Gasteiger partial charge < -0.3 is 19.9 Å². The molecular weight excluding hydrogens is 322 g/mol. The zero-order valence-corrected chi connectivity index (χ0v) is 14.1. The molecule has 0 radical (unpaired) electrons. The summed E-state index contributed by atoms with van der Waals surface area (Å²) in [6, 6.07) is 2.70. The van der Waals surface area contributed by atoms with Crippen LogP contribution in [0.15, 0.2) is 12.1 Å². The molecule has 2 N–H and O–H groups in total. The Morgan fingerprint density at radius 1 is 1.43 bits per heavy atom. The van der Waals surface area contributed by atoms with E-state index in [1.165, 1.54) is 19.2 Å². The van der Waals surface area contributed by atoms with Crippen molar-refractivity contribution in [1.82, 2.24) is 5.32 Å². The molecule has 126 valence electrons. The summed E-state index contributed by atoms with van der Waals surface area (Å²) in [5.41, 5.74) is -0.283. The van der Waals surface area contributed by atoms with Crippen LogP contribution >= 0.6 is 11.6 Å². The maximum atomic E-state index is 12.3. The molecule has 1 aromatic carbocycles. The zero-order valence-electron chi connectivity index (χ0n) is 13.3. The van der Waals surface area contributed by atoms with Crippen LogP contribution in [0.3, 0.4) is 0 Å². The van der Waals surface area contributed by atoms with Gasteiger partial charge in [0, 0.05) is 6.54 Å². The van der Waals surface area contributed by atoms with E-state index in [0.717, 1.165) is 12.8 Å². The third-order valence-electron chi connectivity index (χ3n) is 3.80. The molecule has 0 aromatic heterocycles. The van der Waals surface area contributed by atoms with E-state index in [1.54, 1.807) is 0 Å². The van der Waals surface area contributed by atoms with Gasteiger partial charge in [0.15, 0.2) is 0 Å². The molecule has 1 amide bonds. The van der Waals surface area contributed by atoms with Gasteiger partial charge in [0.1, 0.15) is 5.75 Å². The van der Waals surface area contributed by atoms with Crippen LogP contribution in [0.5, 0.6) is 5.75 Å². The van der Waals surface area contributed by atoms with Gasteiger partial charge in [0.2, 0.25) is 0 Å². The van der Waals surface area contributed by atoms with Crippen molar-refractivity contribution >= 4 is 23.5 Å². The fourth-order valence-corrected chi connectivity index (χ4v) is 2.84. The molecule has 7 heteroatoms. The molecule has 2 rings (SSSR count). The van der Waals surface area contributed by atoms with E-state index in [1.807, 2.05) is 13.8 Å². The summed E-state index contributed by atoms with van der Waals surface area (Å²) in [6.45, 7) is 4.36. The fourth-order valence-electron chi connectivity index (χ4n) is 2.56. The maximum absolute atomic E-state index is 12.3. The van der Waals surface area contributed by atoms with Gasteiger partial charge in [-0.1, -0.05) is 11.6 Å². The Balaban J connectivity index is 2.13. The number of ether oxygens (including phenoxy) is 2. The number of halogens is 1. The first kappa shape index (κ1) is 17.6. The highest BCUT2D eigenvalue weighted by Gasteiger charge is 2.32. The molecule has 6 nitrogen and oxygen atoms in total. The van der Waals surface area contributed by atoms with Crippen molar-refractivity contribution in [3.8, 4) is 5.75 Å². The minimum atomic E-state index is -1.22. The Kier molecular flexibility index (Phi) is 5.16. The van der Waals surface area contributed by atoms with Gasteiger partial charge in [-0.15, -0.1) is 0 Å². The van der Waals surface area contributed by atoms with Crippen LogP contribution in [0.4, 0.5) is 0 Å². The molecule has 1 aromatic rings. The number of benzene rings is 1. The molecule has 0 spiro atoms. The number of carbonyl (C=O) groups is 2. The van der Waals surface area contributed by atoms with Crippen molar-refractivity contribution in [2.24, 2.45) is 0 Å². The SMILES string of the molecule is COc1cc(C(=O)O)c(Cl)c(C(=O)NCC2CCC(C)(C)O2)c1. The zero-order chi connectivity index (χ0) is 17.2. The van der Waals surface area contributed by atoms with E-state index < -0.39 is 11.9 Å². The lowest BCUT2D eigenvalue weighted by Gasteiger charge is -2.19. The highest BCUT2D eigenvalue weighted by atomic mass is 35.5. The average Bonchev–Trinajstić information content (AvgIpc) is 2.84. The number of amides is 1. The summed E-state index contributed by atoms with van der Waals surface area (Å²) in [6.07, 6.45) is 1.73. The van der Waals surface area contributed by atoms with E-state index in [-0.39, 0.29) is 33.6 Å². The fraction of sp³-hybridized carbons (Fsp3) is 0.500. The van der Waals surface area contributed by atoms with E-state index in [0.29, 0.717) is 6.54 Å². The van der Waals surface area contributed by atoms with Crippen molar-refractivity contribution in [2.75, 3.05) is 13.7 Å². The summed E-state index contributed by atoms with van der Waals surface area (Å²) in [5.74, 6) is -1.41. The van der Waals surface area contributed by atoms with Gasteiger partial charge in [-0.05, 0) is 38.8 Å². The topological polar surface area (TPSA) is 84.9 Å². The molecular formula is C16H20ClNO5. The highest BCUT2D eigenvalue weighted by Crippen LogP contribution is 2.30. The Morgan fingerprint density at radius 3 is 2.61 bits per heavy atom. The second-order valence-corrected chi connectivity index (χ2v) is 6.47. The first-order valence-corrected chi connectivity index (χ1v) is 7.68. The molecule has 1 unspecified atom stereocenters. The molecule has 0 aliphatic carbocycles. The standard InChI is InChI=1S/C16H20ClNO5/c1-16(2)5-4-9(23-16)8-18-14(19)11-6-10(22-3)7-12(13(11)17)15(20)21/h6-7,9H,4-5,8H2,1-3H3,(H,18,19)(H,20,21). The molecule has 0 bridgehead atoms. The van der Waals surface area contributed by atoms with E-state index in [4.69, 9.17) is 26.2 Å².